The number of nitrogens with one attached hydrogen (secondary N) is 1. The second-order valence-electron chi connectivity index (χ2n) is 7.23. The van der Waals surface area contributed by atoms with Crippen molar-refractivity contribution in [2.45, 2.75) is 39.3 Å². The van der Waals surface area contributed by atoms with Crippen LogP contribution in [0.15, 0.2) is 24.3 Å². The van der Waals surface area contributed by atoms with Gasteiger partial charge in [-0.05, 0) is 33.3 Å². The van der Waals surface area contributed by atoms with Gasteiger partial charge in [0.25, 0.3) is 0 Å². The zero-order chi connectivity index (χ0) is 17.9. The predicted octanol–water partition coefficient (Wildman–Crippen LogP) is -0.0784. The van der Waals surface area contributed by atoms with Crippen molar-refractivity contribution in [1.82, 2.24) is 4.90 Å². The number of hydrogen-bond donors (Lipinski definition) is 1. The molecule has 132 valence electrons. The minimum absolute atomic E-state index is 0.345. The highest BCUT2D eigenvalue weighted by Gasteiger charge is 2.33. The fourth-order valence-corrected chi connectivity index (χ4v) is 3.02. The lowest BCUT2D eigenvalue weighted by Gasteiger charge is -2.37. The summed E-state index contributed by atoms with van der Waals surface area (Å²) in [5.41, 5.74) is 1.18. The van der Waals surface area contributed by atoms with E-state index in [1.807, 2.05) is 52.0 Å². The van der Waals surface area contributed by atoms with Crippen LogP contribution in [-0.2, 0) is 9.53 Å². The Bertz CT molecular complexity index is 601. The van der Waals surface area contributed by atoms with Crippen molar-refractivity contribution in [3.63, 3.8) is 0 Å². The molecule has 1 fully saturated rings. The van der Waals surface area contributed by atoms with Gasteiger partial charge in [-0.3, -0.25) is 4.90 Å². The maximum atomic E-state index is 12.1. The quantitative estimate of drug-likeness (QED) is 0.839. The summed E-state index contributed by atoms with van der Waals surface area (Å²) in [4.78, 5) is 26.4. The van der Waals surface area contributed by atoms with Gasteiger partial charge < -0.3 is 19.5 Å². The van der Waals surface area contributed by atoms with E-state index < -0.39 is 17.6 Å². The molecule has 1 saturated heterocycles. The highest BCUT2D eigenvalue weighted by molar-refractivity contribution is 5.72. The van der Waals surface area contributed by atoms with E-state index in [9.17, 15) is 14.7 Å². The molecule has 1 aromatic carbocycles. The molecular weight excluding hydrogens is 308 g/mol. The molecular formula is C18H26N2O4. The van der Waals surface area contributed by atoms with Crippen molar-refractivity contribution >= 4 is 12.1 Å². The summed E-state index contributed by atoms with van der Waals surface area (Å²) in [6.45, 7) is 9.43. The number of nitrogens with zero attached hydrogens (tertiary/aromatic N) is 1. The summed E-state index contributed by atoms with van der Waals surface area (Å²) in [6.07, 6.45) is -0.345. The van der Waals surface area contributed by atoms with Crippen LogP contribution in [0, 0.1) is 6.92 Å². The summed E-state index contributed by atoms with van der Waals surface area (Å²) in [7, 11) is 0. The Morgan fingerprint density at radius 2 is 1.79 bits per heavy atom. The Morgan fingerprint density at radius 1 is 1.21 bits per heavy atom. The number of carbonyl (C=O) groups is 2. The lowest BCUT2D eigenvalue weighted by atomic mass is 9.99. The Labute approximate surface area is 143 Å². The number of carbonyl (C=O) groups excluding carboxylic acids is 2. The average Bonchev–Trinajstić information content (AvgIpc) is 2.48. The molecule has 1 heterocycles. The Balaban J connectivity index is 2.05. The SMILES string of the molecule is Cc1ccccc1[C@H](C(=O)[O-])[NH+]1CCN(C(=O)OC(C)(C)C)CC1. The van der Waals surface area contributed by atoms with Crippen LogP contribution >= 0.6 is 0 Å². The molecule has 0 unspecified atom stereocenters. The van der Waals surface area contributed by atoms with Crippen LogP contribution < -0.4 is 10.0 Å². The first-order valence-corrected chi connectivity index (χ1v) is 8.28. The largest absolute Gasteiger partial charge is 0.544 e. The number of ether oxygens (including phenoxy) is 1. The molecule has 0 bridgehead atoms. The van der Waals surface area contributed by atoms with Gasteiger partial charge in [-0.1, -0.05) is 24.3 Å². The molecule has 1 N–H and O–H groups in total. The number of carboxylic acids is 1. The number of carboxylic acid groups (broad SMARTS) is 1. The molecule has 6 nitrogen and oxygen atoms in total. The van der Waals surface area contributed by atoms with E-state index >= 15 is 0 Å². The number of benzene rings is 1. The van der Waals surface area contributed by atoms with E-state index in [4.69, 9.17) is 4.74 Å². The van der Waals surface area contributed by atoms with Crippen molar-refractivity contribution in [3.8, 4) is 0 Å². The topological polar surface area (TPSA) is 74.1 Å². The molecule has 1 aliphatic rings. The van der Waals surface area contributed by atoms with Crippen LogP contribution in [-0.4, -0.2) is 48.7 Å². The van der Waals surface area contributed by atoms with Gasteiger partial charge in [-0.25, -0.2) is 4.79 Å². The van der Waals surface area contributed by atoms with Crippen LogP contribution in [0.4, 0.5) is 4.79 Å². The number of quaternary nitrogens is 1. The standard InChI is InChI=1S/C18H26N2O4/c1-13-7-5-6-8-14(13)15(16(21)22)19-9-11-20(12-10-19)17(23)24-18(2,3)4/h5-8,15H,9-12H2,1-4H3,(H,21,22)/t15-/m1/s1. The fraction of sp³-hybridized carbons (Fsp3) is 0.556. The lowest BCUT2D eigenvalue weighted by Crippen LogP contribution is -3.16. The second kappa shape index (κ2) is 7.21. The molecule has 6 heteroatoms. The van der Waals surface area contributed by atoms with E-state index in [2.05, 4.69) is 0 Å². The van der Waals surface area contributed by atoms with Crippen LogP contribution in [0.3, 0.4) is 0 Å². The van der Waals surface area contributed by atoms with Crippen molar-refractivity contribution < 1.29 is 24.3 Å². The number of aliphatic carboxylic acids is 1. The molecule has 0 spiro atoms. The van der Waals surface area contributed by atoms with Crippen molar-refractivity contribution in [3.05, 3.63) is 35.4 Å². The third-order valence-corrected chi connectivity index (χ3v) is 4.20. The summed E-state index contributed by atoms with van der Waals surface area (Å²) in [6, 6.07) is 6.76. The minimum atomic E-state index is -1.08. The number of piperazine rings is 1. The normalized spacial score (nSPS) is 17.4. The number of amides is 1. The zero-order valence-corrected chi connectivity index (χ0v) is 14.8. The second-order valence-corrected chi connectivity index (χ2v) is 7.23. The van der Waals surface area contributed by atoms with E-state index in [1.54, 1.807) is 4.90 Å². The summed E-state index contributed by atoms with van der Waals surface area (Å²) in [5, 5.41) is 11.7. The highest BCUT2D eigenvalue weighted by Crippen LogP contribution is 2.15. The molecule has 1 aliphatic heterocycles. The Hall–Kier alpha value is -2.08. The van der Waals surface area contributed by atoms with Gasteiger partial charge in [0.2, 0.25) is 0 Å². The third kappa shape index (κ3) is 4.47. The first-order chi connectivity index (χ1) is 11.2. The van der Waals surface area contributed by atoms with Crippen LogP contribution in [0.5, 0.6) is 0 Å². The van der Waals surface area contributed by atoms with Crippen molar-refractivity contribution in [2.75, 3.05) is 26.2 Å². The smallest absolute Gasteiger partial charge is 0.410 e. The van der Waals surface area contributed by atoms with Gasteiger partial charge in [-0.15, -0.1) is 0 Å². The highest BCUT2D eigenvalue weighted by atomic mass is 16.6. The predicted molar refractivity (Wildman–Crippen MR) is 87.4 cm³/mol. The molecule has 0 aliphatic carbocycles. The van der Waals surface area contributed by atoms with Crippen LogP contribution in [0.1, 0.15) is 37.9 Å². The molecule has 1 aromatic rings. The maximum absolute atomic E-state index is 12.1. The molecule has 1 amide bonds. The van der Waals surface area contributed by atoms with Gasteiger partial charge in [0, 0.05) is 5.56 Å². The number of rotatable bonds is 3. The molecule has 0 aromatic heterocycles. The number of aryl methyl sites for hydroxylation is 1. The van der Waals surface area contributed by atoms with Crippen molar-refractivity contribution in [1.29, 1.82) is 0 Å². The number of hydrogen-bond acceptors (Lipinski definition) is 4. The molecule has 2 rings (SSSR count). The van der Waals surface area contributed by atoms with Gasteiger partial charge in [0.1, 0.15) is 11.6 Å². The minimum Gasteiger partial charge on any atom is -0.544 e. The molecule has 24 heavy (non-hydrogen) atoms. The van der Waals surface area contributed by atoms with E-state index in [1.165, 1.54) is 0 Å². The van der Waals surface area contributed by atoms with Crippen molar-refractivity contribution in [2.24, 2.45) is 0 Å². The molecule has 1 atom stereocenters. The van der Waals surface area contributed by atoms with E-state index in [0.717, 1.165) is 16.0 Å². The molecule has 0 radical (unpaired) electrons. The maximum Gasteiger partial charge on any atom is 0.410 e. The first kappa shape index (κ1) is 18.3. The van der Waals surface area contributed by atoms with Gasteiger partial charge >= 0.3 is 6.09 Å². The van der Waals surface area contributed by atoms with E-state index in [0.29, 0.717) is 26.2 Å². The monoisotopic (exact) mass is 334 g/mol. The zero-order valence-electron chi connectivity index (χ0n) is 14.8. The first-order valence-electron chi connectivity index (χ1n) is 8.28. The Kier molecular flexibility index (Phi) is 5.49. The molecule has 0 saturated carbocycles. The lowest BCUT2D eigenvalue weighted by molar-refractivity contribution is -0.928. The van der Waals surface area contributed by atoms with Gasteiger partial charge in [-0.2, -0.15) is 0 Å². The average molecular weight is 334 g/mol. The third-order valence-electron chi connectivity index (χ3n) is 4.20. The summed E-state index contributed by atoms with van der Waals surface area (Å²) >= 11 is 0. The summed E-state index contributed by atoms with van der Waals surface area (Å²) in [5.74, 6) is -1.08. The fourth-order valence-electron chi connectivity index (χ4n) is 3.02. The summed E-state index contributed by atoms with van der Waals surface area (Å²) < 4.78 is 5.37. The van der Waals surface area contributed by atoms with Crippen LogP contribution in [0.2, 0.25) is 0 Å². The van der Waals surface area contributed by atoms with Gasteiger partial charge in [0.05, 0.1) is 26.2 Å². The Morgan fingerprint density at radius 3 is 2.29 bits per heavy atom. The van der Waals surface area contributed by atoms with Gasteiger partial charge in [0.15, 0.2) is 6.04 Å². The van der Waals surface area contributed by atoms with E-state index in [-0.39, 0.29) is 6.09 Å². The van der Waals surface area contributed by atoms with Crippen LogP contribution in [0.25, 0.3) is 0 Å².